The van der Waals surface area contributed by atoms with E-state index in [4.69, 9.17) is 0 Å². The lowest BCUT2D eigenvalue weighted by Gasteiger charge is -2.18. The summed E-state index contributed by atoms with van der Waals surface area (Å²) in [6.07, 6.45) is 0.877. The molecule has 0 aromatic heterocycles. The van der Waals surface area contributed by atoms with E-state index in [1.54, 1.807) is 13.8 Å². The Morgan fingerprint density at radius 3 is 2.12 bits per heavy atom. The monoisotopic (exact) mass is 383 g/mol. The summed E-state index contributed by atoms with van der Waals surface area (Å²) in [6, 6.07) is 5.71. The first-order chi connectivity index (χ1) is 12.2. The molecule has 0 saturated heterocycles. The minimum absolute atomic E-state index is 0.115. The van der Waals surface area contributed by atoms with Crippen LogP contribution in [0.2, 0.25) is 0 Å². The first-order valence-corrected chi connectivity index (χ1v) is 10.3. The van der Waals surface area contributed by atoms with Gasteiger partial charge >= 0.3 is 0 Å². The molecular weight excluding hydrogens is 354 g/mol. The largest absolute Gasteiger partial charge is 0.355 e. The Morgan fingerprint density at radius 2 is 1.62 bits per heavy atom. The Hall–Kier alpha value is -1.93. The Morgan fingerprint density at radius 1 is 1.04 bits per heavy atom. The van der Waals surface area contributed by atoms with Crippen molar-refractivity contribution < 1.29 is 18.0 Å². The van der Waals surface area contributed by atoms with Crippen LogP contribution in [0, 0.1) is 5.92 Å². The molecule has 0 aliphatic carbocycles. The molecule has 0 heterocycles. The highest BCUT2D eigenvalue weighted by molar-refractivity contribution is 7.89. The Kier molecular flexibility index (Phi) is 8.74. The van der Waals surface area contributed by atoms with Gasteiger partial charge in [0.1, 0.15) is 0 Å². The Bertz CT molecular complexity index is 696. The van der Waals surface area contributed by atoms with Crippen LogP contribution in [-0.2, 0) is 14.8 Å². The molecule has 7 nitrogen and oxygen atoms in total. The number of carbonyl (C=O) groups is 2. The molecule has 8 heteroatoms. The highest BCUT2D eigenvalue weighted by Gasteiger charge is 2.21. The predicted octanol–water partition coefficient (Wildman–Crippen LogP) is 1.61. The van der Waals surface area contributed by atoms with Crippen LogP contribution in [0.4, 0.5) is 0 Å². The third kappa shape index (κ3) is 6.42. The van der Waals surface area contributed by atoms with Gasteiger partial charge in [0.05, 0.1) is 11.4 Å². The first kappa shape index (κ1) is 22.1. The highest BCUT2D eigenvalue weighted by atomic mass is 32.2. The van der Waals surface area contributed by atoms with Crippen LogP contribution in [0.1, 0.15) is 44.5 Å². The maximum absolute atomic E-state index is 12.4. The molecular formula is C18H29N3O4S. The van der Waals surface area contributed by atoms with Crippen molar-refractivity contribution >= 4 is 21.8 Å². The molecule has 146 valence electrons. The lowest BCUT2D eigenvalue weighted by molar-refractivity contribution is -0.120. The fourth-order valence-corrected chi connectivity index (χ4v) is 3.77. The average molecular weight is 384 g/mol. The molecule has 0 radical (unpaired) electrons. The van der Waals surface area contributed by atoms with E-state index < -0.39 is 15.9 Å². The van der Waals surface area contributed by atoms with Gasteiger partial charge in [0, 0.05) is 25.2 Å². The fourth-order valence-electron chi connectivity index (χ4n) is 2.32. The van der Waals surface area contributed by atoms with E-state index >= 15 is 0 Å². The zero-order valence-corrected chi connectivity index (χ0v) is 16.7. The van der Waals surface area contributed by atoms with E-state index in [0.717, 1.165) is 6.42 Å². The SMILES string of the molecule is CCN(CC)S(=O)(=O)c1ccc(C(=O)NCC(=O)NCCC(C)C)cc1. The number of benzene rings is 1. The maximum Gasteiger partial charge on any atom is 0.251 e. The van der Waals surface area contributed by atoms with Crippen LogP contribution in [0.25, 0.3) is 0 Å². The molecule has 26 heavy (non-hydrogen) atoms. The highest BCUT2D eigenvalue weighted by Crippen LogP contribution is 2.16. The van der Waals surface area contributed by atoms with Gasteiger partial charge in [-0.15, -0.1) is 0 Å². The average Bonchev–Trinajstić information content (AvgIpc) is 2.60. The third-order valence-electron chi connectivity index (χ3n) is 3.91. The van der Waals surface area contributed by atoms with Gasteiger partial charge < -0.3 is 10.6 Å². The molecule has 2 amide bonds. The van der Waals surface area contributed by atoms with Crippen LogP contribution in [0.3, 0.4) is 0 Å². The van der Waals surface area contributed by atoms with Gasteiger partial charge in [0.15, 0.2) is 0 Å². The van der Waals surface area contributed by atoms with E-state index in [2.05, 4.69) is 24.5 Å². The van der Waals surface area contributed by atoms with Crippen molar-refractivity contribution in [1.29, 1.82) is 0 Å². The van der Waals surface area contributed by atoms with Crippen LogP contribution >= 0.6 is 0 Å². The molecule has 0 aliphatic rings. The number of nitrogens with one attached hydrogen (secondary N) is 2. The maximum atomic E-state index is 12.4. The third-order valence-corrected chi connectivity index (χ3v) is 5.98. The molecule has 0 spiro atoms. The summed E-state index contributed by atoms with van der Waals surface area (Å²) < 4.78 is 26.2. The van der Waals surface area contributed by atoms with E-state index in [1.165, 1.54) is 28.6 Å². The quantitative estimate of drug-likeness (QED) is 0.642. The number of amides is 2. The van der Waals surface area contributed by atoms with Gasteiger partial charge in [-0.3, -0.25) is 9.59 Å². The number of carbonyl (C=O) groups excluding carboxylic acids is 2. The van der Waals surface area contributed by atoms with Crippen molar-refractivity contribution in [3.63, 3.8) is 0 Å². The number of hydrogen-bond donors (Lipinski definition) is 2. The normalized spacial score (nSPS) is 11.6. The summed E-state index contributed by atoms with van der Waals surface area (Å²) in [4.78, 5) is 23.9. The molecule has 1 rings (SSSR count). The summed E-state index contributed by atoms with van der Waals surface area (Å²) in [7, 11) is -3.55. The van der Waals surface area contributed by atoms with Crippen molar-refractivity contribution in [2.24, 2.45) is 5.92 Å². The van der Waals surface area contributed by atoms with Crippen LogP contribution in [-0.4, -0.2) is 50.7 Å². The van der Waals surface area contributed by atoms with Gasteiger partial charge in [-0.1, -0.05) is 27.7 Å². The van der Waals surface area contributed by atoms with Gasteiger partial charge in [-0.05, 0) is 36.6 Å². The first-order valence-electron chi connectivity index (χ1n) is 8.87. The molecule has 0 fully saturated rings. The van der Waals surface area contributed by atoms with Crippen LogP contribution < -0.4 is 10.6 Å². The smallest absolute Gasteiger partial charge is 0.251 e. The van der Waals surface area contributed by atoms with Crippen molar-refractivity contribution in [2.45, 2.75) is 39.0 Å². The standard InChI is InChI=1S/C18H29N3O4S/c1-5-21(6-2)26(24,25)16-9-7-15(8-10-16)18(23)20-13-17(22)19-12-11-14(3)4/h7-10,14H,5-6,11-13H2,1-4H3,(H,19,22)(H,20,23). The Labute approximate surface area is 156 Å². The van der Waals surface area contributed by atoms with Gasteiger partial charge in [0.25, 0.3) is 5.91 Å². The molecule has 1 aromatic rings. The fraction of sp³-hybridized carbons (Fsp3) is 0.556. The summed E-state index contributed by atoms with van der Waals surface area (Å²) in [6.45, 7) is 8.90. The van der Waals surface area contributed by atoms with E-state index in [9.17, 15) is 18.0 Å². The summed E-state index contributed by atoms with van der Waals surface area (Å²) in [5.41, 5.74) is 0.304. The summed E-state index contributed by atoms with van der Waals surface area (Å²) in [5, 5.41) is 5.27. The topological polar surface area (TPSA) is 95.6 Å². The second-order valence-electron chi connectivity index (χ2n) is 6.33. The van der Waals surface area contributed by atoms with Crippen molar-refractivity contribution in [3.8, 4) is 0 Å². The van der Waals surface area contributed by atoms with Crippen molar-refractivity contribution in [1.82, 2.24) is 14.9 Å². The van der Waals surface area contributed by atoms with Gasteiger partial charge in [-0.25, -0.2) is 8.42 Å². The van der Waals surface area contributed by atoms with Crippen LogP contribution in [0.15, 0.2) is 29.2 Å². The number of hydrogen-bond acceptors (Lipinski definition) is 4. The predicted molar refractivity (Wildman–Crippen MR) is 101 cm³/mol. The van der Waals surface area contributed by atoms with Crippen molar-refractivity contribution in [2.75, 3.05) is 26.2 Å². The minimum Gasteiger partial charge on any atom is -0.355 e. The van der Waals surface area contributed by atoms with E-state index in [0.29, 0.717) is 31.1 Å². The lowest BCUT2D eigenvalue weighted by atomic mass is 10.1. The second-order valence-corrected chi connectivity index (χ2v) is 8.27. The Balaban J connectivity index is 2.63. The molecule has 0 atom stereocenters. The number of nitrogens with zero attached hydrogens (tertiary/aromatic N) is 1. The molecule has 0 bridgehead atoms. The lowest BCUT2D eigenvalue weighted by Crippen LogP contribution is -2.37. The van der Waals surface area contributed by atoms with Gasteiger partial charge in [-0.2, -0.15) is 4.31 Å². The molecule has 0 aliphatic heterocycles. The molecule has 1 aromatic carbocycles. The summed E-state index contributed by atoms with van der Waals surface area (Å²) in [5.74, 6) is -0.174. The number of sulfonamides is 1. The molecule has 2 N–H and O–H groups in total. The summed E-state index contributed by atoms with van der Waals surface area (Å²) >= 11 is 0. The zero-order valence-electron chi connectivity index (χ0n) is 15.9. The van der Waals surface area contributed by atoms with Crippen LogP contribution in [0.5, 0.6) is 0 Å². The van der Waals surface area contributed by atoms with E-state index in [1.807, 2.05) is 0 Å². The molecule has 0 unspecified atom stereocenters. The minimum atomic E-state index is -3.55. The number of rotatable bonds is 10. The zero-order chi connectivity index (χ0) is 19.7. The second kappa shape index (κ2) is 10.3. The van der Waals surface area contributed by atoms with E-state index in [-0.39, 0.29) is 17.3 Å². The van der Waals surface area contributed by atoms with Gasteiger partial charge in [0.2, 0.25) is 15.9 Å². The molecule has 0 saturated carbocycles. The van der Waals surface area contributed by atoms with Crippen molar-refractivity contribution in [3.05, 3.63) is 29.8 Å².